The first-order valence-electron chi connectivity index (χ1n) is 10.0. The van der Waals surface area contributed by atoms with Crippen molar-refractivity contribution in [3.63, 3.8) is 0 Å². The van der Waals surface area contributed by atoms with Gasteiger partial charge in [0, 0.05) is 27.4 Å². The number of anilines is 1. The number of thiazole rings is 1. The summed E-state index contributed by atoms with van der Waals surface area (Å²) in [4.78, 5) is 12.8. The normalized spacial score (nSPS) is 14.6. The highest BCUT2D eigenvalue weighted by atomic mass is 35.5. The maximum Gasteiger partial charge on any atom is 0.334 e. The first-order chi connectivity index (χ1) is 14.5. The minimum Gasteiger partial charge on any atom is -0.353 e. The summed E-state index contributed by atoms with van der Waals surface area (Å²) < 4.78 is 2.19. The van der Waals surface area contributed by atoms with Gasteiger partial charge in [0.25, 0.3) is 0 Å². The number of nitrogens with zero attached hydrogens (tertiary/aromatic N) is 1. The van der Waals surface area contributed by atoms with E-state index >= 15 is 0 Å². The zero-order chi connectivity index (χ0) is 21.1. The molecule has 0 radical (unpaired) electrons. The molecular formula is C23H24Cl2N3OS+. The van der Waals surface area contributed by atoms with Gasteiger partial charge in [0.15, 0.2) is 0 Å². The van der Waals surface area contributed by atoms with Gasteiger partial charge in [0.05, 0.1) is 6.42 Å². The van der Waals surface area contributed by atoms with Gasteiger partial charge in [-0.2, -0.15) is 0 Å². The molecule has 2 atom stereocenters. The number of carbonyl (C=O) groups is 1. The molecule has 2 unspecified atom stereocenters. The Labute approximate surface area is 190 Å². The number of amides is 1. The number of rotatable bonds is 7. The van der Waals surface area contributed by atoms with Crippen LogP contribution in [0.3, 0.4) is 0 Å². The molecule has 1 aliphatic heterocycles. The smallest absolute Gasteiger partial charge is 0.334 e. The fourth-order valence-electron chi connectivity index (χ4n) is 3.91. The Kier molecular flexibility index (Phi) is 6.61. The second kappa shape index (κ2) is 9.38. The van der Waals surface area contributed by atoms with Crippen molar-refractivity contribution in [2.75, 3.05) is 11.9 Å². The summed E-state index contributed by atoms with van der Waals surface area (Å²) in [7, 11) is 0. The van der Waals surface area contributed by atoms with Gasteiger partial charge in [-0.25, -0.2) is 4.57 Å². The summed E-state index contributed by atoms with van der Waals surface area (Å²) in [5, 5.41) is 11.2. The van der Waals surface area contributed by atoms with Gasteiger partial charge in [0.2, 0.25) is 5.91 Å². The van der Waals surface area contributed by atoms with Crippen LogP contribution < -0.4 is 15.2 Å². The topological polar surface area (TPSA) is 45.0 Å². The molecule has 0 spiro atoms. The van der Waals surface area contributed by atoms with Gasteiger partial charge in [-0.15, -0.1) is 0 Å². The zero-order valence-electron chi connectivity index (χ0n) is 16.7. The van der Waals surface area contributed by atoms with Crippen LogP contribution in [0.2, 0.25) is 10.0 Å². The minimum absolute atomic E-state index is 0.0378. The van der Waals surface area contributed by atoms with E-state index in [1.165, 1.54) is 5.56 Å². The first-order valence-corrected chi connectivity index (χ1v) is 11.7. The molecule has 3 aromatic rings. The van der Waals surface area contributed by atoms with Gasteiger partial charge >= 0.3 is 5.13 Å². The Morgan fingerprint density at radius 3 is 2.50 bits per heavy atom. The van der Waals surface area contributed by atoms with Crippen LogP contribution >= 0.6 is 34.5 Å². The van der Waals surface area contributed by atoms with Crippen LogP contribution in [-0.2, 0) is 24.2 Å². The van der Waals surface area contributed by atoms with Crippen LogP contribution in [0.4, 0.5) is 5.13 Å². The van der Waals surface area contributed by atoms with Gasteiger partial charge in [-0.3, -0.25) is 10.1 Å². The van der Waals surface area contributed by atoms with E-state index in [1.807, 2.05) is 48.5 Å². The number of halogens is 2. The lowest BCUT2D eigenvalue weighted by molar-refractivity contribution is -0.673. The molecule has 0 saturated carbocycles. The lowest BCUT2D eigenvalue weighted by Gasteiger charge is -2.26. The molecule has 0 fully saturated rings. The summed E-state index contributed by atoms with van der Waals surface area (Å²) >= 11 is 13.8. The van der Waals surface area contributed by atoms with Crippen LogP contribution in [0.5, 0.6) is 0 Å². The van der Waals surface area contributed by atoms with Gasteiger partial charge < -0.3 is 5.32 Å². The van der Waals surface area contributed by atoms with E-state index in [9.17, 15) is 4.79 Å². The molecule has 156 valence electrons. The average Bonchev–Trinajstić information content (AvgIpc) is 3.33. The minimum atomic E-state index is -0.0378. The standard InChI is InChI=1S/C23H23Cl2N3OS/c1-15(27-22(29)13-20-14-30-23-26-10-11-28(20)23)21(17-4-8-19(25)9-5-17)12-16-2-6-18(24)7-3-16/h2-9,14-15,21H,10-13H2,1H3,(H,27,29)/p+1. The maximum atomic E-state index is 12.8. The molecule has 30 heavy (non-hydrogen) atoms. The number of carbonyl (C=O) groups excluding carboxylic acids is 1. The summed E-state index contributed by atoms with van der Waals surface area (Å²) in [6.07, 6.45) is 1.18. The quantitative estimate of drug-likeness (QED) is 0.495. The van der Waals surface area contributed by atoms with Crippen molar-refractivity contribution in [2.45, 2.75) is 38.3 Å². The largest absolute Gasteiger partial charge is 0.353 e. The molecule has 0 bridgehead atoms. The summed E-state index contributed by atoms with van der Waals surface area (Å²) in [5.74, 6) is 0.160. The second-order valence-electron chi connectivity index (χ2n) is 7.63. The van der Waals surface area contributed by atoms with Crippen molar-refractivity contribution in [2.24, 2.45) is 0 Å². The summed E-state index contributed by atoms with van der Waals surface area (Å²) in [6.45, 7) is 3.91. The molecule has 4 nitrogen and oxygen atoms in total. The number of hydrogen-bond donors (Lipinski definition) is 2. The number of benzene rings is 2. The molecule has 1 aromatic heterocycles. The fraction of sp³-hybridized carbons (Fsp3) is 0.304. The van der Waals surface area contributed by atoms with Gasteiger partial charge in [-0.1, -0.05) is 58.8 Å². The third-order valence-corrected chi connectivity index (χ3v) is 6.99. The number of fused-ring (bicyclic) bond motifs is 1. The molecular weight excluding hydrogens is 437 g/mol. The van der Waals surface area contributed by atoms with Gasteiger partial charge in [0.1, 0.15) is 18.8 Å². The van der Waals surface area contributed by atoms with E-state index in [0.29, 0.717) is 11.4 Å². The molecule has 2 aromatic carbocycles. The van der Waals surface area contributed by atoms with E-state index in [1.54, 1.807) is 11.3 Å². The van der Waals surface area contributed by atoms with Crippen molar-refractivity contribution in [3.8, 4) is 0 Å². The number of aromatic nitrogens is 1. The van der Waals surface area contributed by atoms with E-state index in [4.69, 9.17) is 23.2 Å². The Bertz CT molecular complexity index is 1020. The maximum absolute atomic E-state index is 12.8. The molecule has 0 aliphatic carbocycles. The van der Waals surface area contributed by atoms with Gasteiger partial charge in [-0.05, 0) is 48.7 Å². The average molecular weight is 461 g/mol. The highest BCUT2D eigenvalue weighted by Crippen LogP contribution is 2.27. The molecule has 1 aliphatic rings. The van der Waals surface area contributed by atoms with Crippen molar-refractivity contribution in [1.82, 2.24) is 5.32 Å². The van der Waals surface area contributed by atoms with E-state index in [0.717, 1.165) is 40.9 Å². The van der Waals surface area contributed by atoms with Crippen LogP contribution in [0, 0.1) is 0 Å². The fourth-order valence-corrected chi connectivity index (χ4v) is 5.14. The zero-order valence-corrected chi connectivity index (χ0v) is 19.0. The van der Waals surface area contributed by atoms with Crippen LogP contribution in [-0.4, -0.2) is 18.5 Å². The first kappa shape index (κ1) is 21.2. The Morgan fingerprint density at radius 1 is 1.13 bits per heavy atom. The molecule has 7 heteroatoms. The highest BCUT2D eigenvalue weighted by molar-refractivity contribution is 7.13. The Balaban J connectivity index is 1.49. The Morgan fingerprint density at radius 2 is 1.80 bits per heavy atom. The van der Waals surface area contributed by atoms with Crippen LogP contribution in [0.25, 0.3) is 0 Å². The van der Waals surface area contributed by atoms with Crippen molar-refractivity contribution in [3.05, 3.63) is 80.8 Å². The van der Waals surface area contributed by atoms with E-state index in [2.05, 4.69) is 27.5 Å². The molecule has 1 amide bonds. The molecule has 2 heterocycles. The lowest BCUT2D eigenvalue weighted by Crippen LogP contribution is -2.41. The third-order valence-electron chi connectivity index (χ3n) is 5.51. The highest BCUT2D eigenvalue weighted by Gasteiger charge is 2.26. The molecule has 4 rings (SSSR count). The predicted molar refractivity (Wildman–Crippen MR) is 124 cm³/mol. The second-order valence-corrected chi connectivity index (χ2v) is 9.36. The lowest BCUT2D eigenvalue weighted by atomic mass is 9.86. The monoisotopic (exact) mass is 460 g/mol. The number of hydrogen-bond acceptors (Lipinski definition) is 3. The molecule has 0 saturated heterocycles. The SMILES string of the molecule is CC(NC(=O)Cc1csc2[n+]1CCN2)C(Cc1ccc(Cl)cc1)c1ccc(Cl)cc1. The Hall–Kier alpha value is -2.08. The van der Waals surface area contributed by atoms with Crippen molar-refractivity contribution < 1.29 is 9.36 Å². The molecule has 2 N–H and O–H groups in total. The summed E-state index contributed by atoms with van der Waals surface area (Å²) in [6, 6.07) is 15.7. The van der Waals surface area contributed by atoms with Crippen molar-refractivity contribution in [1.29, 1.82) is 0 Å². The summed E-state index contributed by atoms with van der Waals surface area (Å²) in [5.41, 5.74) is 3.39. The third kappa shape index (κ3) is 4.97. The van der Waals surface area contributed by atoms with Crippen molar-refractivity contribution >= 4 is 45.6 Å². The van der Waals surface area contributed by atoms with Crippen LogP contribution in [0.15, 0.2) is 53.9 Å². The predicted octanol–water partition coefficient (Wildman–Crippen LogP) is 4.84. The van der Waals surface area contributed by atoms with E-state index < -0.39 is 0 Å². The number of nitrogens with one attached hydrogen (secondary N) is 2. The van der Waals surface area contributed by atoms with E-state index in [-0.39, 0.29) is 17.9 Å². The van der Waals surface area contributed by atoms with Crippen LogP contribution in [0.1, 0.15) is 29.7 Å².